The van der Waals surface area contributed by atoms with Gasteiger partial charge in [-0.2, -0.15) is 0 Å². The number of benzene rings is 4. The molecule has 4 aromatic rings. The first-order valence-corrected chi connectivity index (χ1v) is 13.8. The molecule has 0 aliphatic rings. The van der Waals surface area contributed by atoms with E-state index >= 15 is 0 Å². The molecule has 0 bridgehead atoms. The molecule has 4 rings (SSSR count). The van der Waals surface area contributed by atoms with Gasteiger partial charge < -0.3 is 25.8 Å². The zero-order chi connectivity index (χ0) is 30.6. The van der Waals surface area contributed by atoms with Crippen molar-refractivity contribution >= 4 is 17.7 Å². The average Bonchev–Trinajstić information content (AvgIpc) is 2.99. The molecule has 2 atom stereocenters. The molecule has 0 saturated heterocycles. The van der Waals surface area contributed by atoms with Crippen molar-refractivity contribution in [2.75, 3.05) is 0 Å². The van der Waals surface area contributed by atoms with Crippen LogP contribution in [0.25, 0.3) is 0 Å². The lowest BCUT2D eigenvalue weighted by atomic mass is 10.0. The molecule has 0 aromatic heterocycles. The fraction of sp³-hybridized carbons (Fsp3) is 0.206. The van der Waals surface area contributed by atoms with E-state index in [9.17, 15) is 18.8 Å². The number of ether oxygens (including phenoxy) is 2. The van der Waals surface area contributed by atoms with Crippen LogP contribution in [-0.4, -0.2) is 29.8 Å². The van der Waals surface area contributed by atoms with Crippen LogP contribution in [0.4, 0.5) is 4.39 Å². The number of amides is 3. The van der Waals surface area contributed by atoms with E-state index in [1.54, 1.807) is 24.3 Å². The third-order valence-corrected chi connectivity index (χ3v) is 6.61. The van der Waals surface area contributed by atoms with Crippen molar-refractivity contribution in [2.24, 2.45) is 5.73 Å². The van der Waals surface area contributed by atoms with Gasteiger partial charge in [-0.15, -0.1) is 0 Å². The highest BCUT2D eigenvalue weighted by atomic mass is 19.1. The van der Waals surface area contributed by atoms with Crippen molar-refractivity contribution in [3.63, 3.8) is 0 Å². The average molecular weight is 584 g/mol. The predicted molar refractivity (Wildman–Crippen MR) is 161 cm³/mol. The minimum Gasteiger partial charge on any atom is -0.485 e. The Morgan fingerprint density at radius 3 is 1.81 bits per heavy atom. The van der Waals surface area contributed by atoms with Gasteiger partial charge in [-0.1, -0.05) is 78.9 Å². The summed E-state index contributed by atoms with van der Waals surface area (Å²) in [5, 5.41) is 5.22. The largest absolute Gasteiger partial charge is 0.485 e. The molecule has 0 saturated carbocycles. The number of hydrogen-bond donors (Lipinski definition) is 3. The molecule has 4 N–H and O–H groups in total. The minimum absolute atomic E-state index is 0.0274. The van der Waals surface area contributed by atoms with Crippen LogP contribution in [0.15, 0.2) is 103 Å². The Morgan fingerprint density at radius 2 is 1.23 bits per heavy atom. The van der Waals surface area contributed by atoms with Crippen molar-refractivity contribution in [2.45, 2.75) is 45.1 Å². The lowest BCUT2D eigenvalue weighted by Crippen LogP contribution is -2.54. The Kier molecular flexibility index (Phi) is 10.9. The summed E-state index contributed by atoms with van der Waals surface area (Å²) in [6.45, 7) is 1.90. The van der Waals surface area contributed by atoms with E-state index < -0.39 is 35.6 Å². The summed E-state index contributed by atoms with van der Waals surface area (Å²) < 4.78 is 25.9. The van der Waals surface area contributed by atoms with Crippen LogP contribution in [0.2, 0.25) is 0 Å². The van der Waals surface area contributed by atoms with Gasteiger partial charge in [0.25, 0.3) is 0 Å². The molecule has 3 amide bonds. The third kappa shape index (κ3) is 9.71. The summed E-state index contributed by atoms with van der Waals surface area (Å²) in [5.41, 5.74) is 8.81. The van der Waals surface area contributed by atoms with E-state index in [1.165, 1.54) is 25.1 Å². The van der Waals surface area contributed by atoms with Crippen LogP contribution in [-0.2, 0) is 40.4 Å². The molecule has 0 aliphatic carbocycles. The first-order valence-electron chi connectivity index (χ1n) is 13.8. The lowest BCUT2D eigenvalue weighted by molar-refractivity contribution is -0.130. The smallest absolute Gasteiger partial charge is 0.243 e. The first kappa shape index (κ1) is 30.8. The molecular weight excluding hydrogens is 549 g/mol. The quantitative estimate of drug-likeness (QED) is 0.205. The summed E-state index contributed by atoms with van der Waals surface area (Å²) in [5.74, 6) is -1.30. The number of carbonyl (C=O) groups excluding carboxylic acids is 3. The van der Waals surface area contributed by atoms with Crippen LogP contribution < -0.4 is 25.8 Å². The highest BCUT2D eigenvalue weighted by Gasteiger charge is 2.26. The molecular formula is C34H34FN3O5. The Bertz CT molecular complexity index is 1530. The highest BCUT2D eigenvalue weighted by molar-refractivity contribution is 5.91. The van der Waals surface area contributed by atoms with Crippen LogP contribution >= 0.6 is 0 Å². The van der Waals surface area contributed by atoms with Gasteiger partial charge in [-0.05, 0) is 46.5 Å². The zero-order valence-electron chi connectivity index (χ0n) is 23.8. The van der Waals surface area contributed by atoms with Gasteiger partial charge in [0.05, 0.1) is 0 Å². The number of primary amides is 1. The van der Waals surface area contributed by atoms with E-state index in [0.29, 0.717) is 35.8 Å². The summed E-state index contributed by atoms with van der Waals surface area (Å²) >= 11 is 0. The zero-order valence-corrected chi connectivity index (χ0v) is 23.8. The fourth-order valence-electron chi connectivity index (χ4n) is 4.47. The van der Waals surface area contributed by atoms with E-state index in [2.05, 4.69) is 10.6 Å². The second-order valence-corrected chi connectivity index (χ2v) is 10.1. The van der Waals surface area contributed by atoms with Gasteiger partial charge in [0.15, 0.2) is 11.5 Å². The molecule has 9 heteroatoms. The van der Waals surface area contributed by atoms with Gasteiger partial charge in [0, 0.05) is 19.8 Å². The Morgan fingerprint density at radius 1 is 0.674 bits per heavy atom. The van der Waals surface area contributed by atoms with E-state index in [1.807, 2.05) is 60.7 Å². The Balaban J connectivity index is 1.51. The monoisotopic (exact) mass is 583 g/mol. The molecule has 8 nitrogen and oxygen atoms in total. The van der Waals surface area contributed by atoms with E-state index in [-0.39, 0.29) is 12.8 Å². The standard InChI is InChI=1S/C34H34FN3O5/c1-23(39)37-30(19-26-13-8-14-28(35)17-26)34(41)38-29(33(36)40)18-27-15-16-31(42-21-24-9-4-2-5-10-24)32(20-27)43-22-25-11-6-3-7-12-25/h2-17,20,29-30H,18-19,21-22H2,1H3,(H2,36,40)(H,37,39)(H,38,41)/t29-,30+/m1/s1. The van der Waals surface area contributed by atoms with Crippen molar-refractivity contribution in [1.29, 1.82) is 0 Å². The summed E-state index contributed by atoms with van der Waals surface area (Å²) in [7, 11) is 0. The number of halogens is 1. The minimum atomic E-state index is -1.09. The lowest BCUT2D eigenvalue weighted by Gasteiger charge is -2.22. The molecule has 43 heavy (non-hydrogen) atoms. The summed E-state index contributed by atoms with van der Waals surface area (Å²) in [4.78, 5) is 37.4. The Hall–Kier alpha value is -5.18. The van der Waals surface area contributed by atoms with Crippen LogP contribution in [0, 0.1) is 5.82 Å². The van der Waals surface area contributed by atoms with Crippen molar-refractivity contribution < 1.29 is 28.2 Å². The molecule has 0 spiro atoms. The molecule has 4 aromatic carbocycles. The highest BCUT2D eigenvalue weighted by Crippen LogP contribution is 2.30. The molecule has 0 unspecified atom stereocenters. The number of nitrogens with two attached hydrogens (primary N) is 1. The maximum absolute atomic E-state index is 13.7. The fourth-order valence-corrected chi connectivity index (χ4v) is 4.47. The SMILES string of the molecule is CC(=O)N[C@@H](Cc1cccc(F)c1)C(=O)N[C@H](Cc1ccc(OCc2ccccc2)c(OCc2ccccc2)c1)C(N)=O. The predicted octanol–water partition coefficient (Wildman–Crippen LogP) is 4.24. The number of hydrogen-bond acceptors (Lipinski definition) is 5. The number of rotatable bonds is 14. The second-order valence-electron chi connectivity index (χ2n) is 10.1. The maximum atomic E-state index is 13.7. The maximum Gasteiger partial charge on any atom is 0.243 e. The topological polar surface area (TPSA) is 120 Å². The Labute approximate surface area is 250 Å². The molecule has 0 fully saturated rings. The van der Waals surface area contributed by atoms with Crippen molar-refractivity contribution in [1.82, 2.24) is 10.6 Å². The van der Waals surface area contributed by atoms with Gasteiger partial charge in [0.2, 0.25) is 17.7 Å². The van der Waals surface area contributed by atoms with Crippen LogP contribution in [0.5, 0.6) is 11.5 Å². The van der Waals surface area contributed by atoms with Gasteiger partial charge in [-0.3, -0.25) is 14.4 Å². The van der Waals surface area contributed by atoms with Crippen LogP contribution in [0.3, 0.4) is 0 Å². The van der Waals surface area contributed by atoms with E-state index in [4.69, 9.17) is 15.2 Å². The molecule has 0 aliphatic heterocycles. The first-order chi connectivity index (χ1) is 20.8. The molecule has 222 valence electrons. The summed E-state index contributed by atoms with van der Waals surface area (Å²) in [6, 6.07) is 28.3. The number of carbonyl (C=O) groups is 3. The van der Waals surface area contributed by atoms with Crippen LogP contribution in [0.1, 0.15) is 29.2 Å². The molecule has 0 heterocycles. The number of nitrogens with one attached hydrogen (secondary N) is 2. The summed E-state index contributed by atoms with van der Waals surface area (Å²) in [6.07, 6.45) is 0.0913. The van der Waals surface area contributed by atoms with Crippen molar-refractivity contribution in [3.8, 4) is 11.5 Å². The van der Waals surface area contributed by atoms with E-state index in [0.717, 1.165) is 11.1 Å². The normalized spacial score (nSPS) is 12.0. The van der Waals surface area contributed by atoms with Gasteiger partial charge in [-0.25, -0.2) is 4.39 Å². The second kappa shape index (κ2) is 15.2. The van der Waals surface area contributed by atoms with Gasteiger partial charge >= 0.3 is 0 Å². The third-order valence-electron chi connectivity index (χ3n) is 6.61. The van der Waals surface area contributed by atoms with Gasteiger partial charge in [0.1, 0.15) is 31.1 Å². The van der Waals surface area contributed by atoms with Crippen molar-refractivity contribution in [3.05, 3.63) is 131 Å². The molecule has 0 radical (unpaired) electrons.